The first-order valence-electron chi connectivity index (χ1n) is 7.22. The fourth-order valence-electron chi connectivity index (χ4n) is 2.88. The van der Waals surface area contributed by atoms with Gasteiger partial charge < -0.3 is 10.4 Å². The molecule has 1 aliphatic carbocycles. The molecule has 0 unspecified atom stereocenters. The second-order valence-electron chi connectivity index (χ2n) is 5.66. The molecule has 0 radical (unpaired) electrons. The molecule has 0 spiro atoms. The van der Waals surface area contributed by atoms with E-state index in [-0.39, 0.29) is 12.3 Å². The molecule has 0 aliphatic heterocycles. The summed E-state index contributed by atoms with van der Waals surface area (Å²) >= 11 is 1.50. The molecule has 0 saturated heterocycles. The minimum atomic E-state index is -0.844. The first-order valence-corrected chi connectivity index (χ1v) is 8.21. The van der Waals surface area contributed by atoms with Crippen LogP contribution in [0, 0.1) is 6.92 Å². The molecule has 0 bridgehead atoms. The van der Waals surface area contributed by atoms with Crippen LogP contribution >= 0.6 is 11.8 Å². The van der Waals surface area contributed by atoms with Crippen LogP contribution in [0.1, 0.15) is 37.7 Å². The molecule has 1 fully saturated rings. The molecule has 2 rings (SSSR count). The molecule has 114 valence electrons. The van der Waals surface area contributed by atoms with Gasteiger partial charge in [-0.1, -0.05) is 31.0 Å². The number of amides is 1. The molecule has 1 aliphatic rings. The predicted octanol–water partition coefficient (Wildman–Crippen LogP) is 2.99. The highest BCUT2D eigenvalue weighted by Gasteiger charge is 2.37. The van der Waals surface area contributed by atoms with Crippen LogP contribution in [0.5, 0.6) is 0 Å². The van der Waals surface area contributed by atoms with E-state index < -0.39 is 11.5 Å². The van der Waals surface area contributed by atoms with Gasteiger partial charge in [0, 0.05) is 4.90 Å². The van der Waals surface area contributed by atoms with Crippen LogP contribution in [0.25, 0.3) is 0 Å². The Morgan fingerprint density at radius 1 is 1.29 bits per heavy atom. The Kier molecular flexibility index (Phi) is 5.28. The van der Waals surface area contributed by atoms with Crippen molar-refractivity contribution in [3.8, 4) is 0 Å². The van der Waals surface area contributed by atoms with Crippen molar-refractivity contribution in [2.24, 2.45) is 0 Å². The topological polar surface area (TPSA) is 66.4 Å². The summed E-state index contributed by atoms with van der Waals surface area (Å²) in [6, 6.07) is 7.94. The van der Waals surface area contributed by atoms with Crippen LogP contribution < -0.4 is 5.32 Å². The number of carboxylic acids is 1. The van der Waals surface area contributed by atoms with E-state index in [1.54, 1.807) is 0 Å². The molecule has 1 saturated carbocycles. The normalized spacial score (nSPS) is 16.6. The Balaban J connectivity index is 1.91. The molecular weight excluding hydrogens is 286 g/mol. The predicted molar refractivity (Wildman–Crippen MR) is 83.5 cm³/mol. The molecule has 0 atom stereocenters. The molecule has 4 nitrogen and oxygen atoms in total. The lowest BCUT2D eigenvalue weighted by atomic mass is 9.93. The van der Waals surface area contributed by atoms with E-state index in [1.807, 2.05) is 31.2 Å². The first-order chi connectivity index (χ1) is 10.0. The van der Waals surface area contributed by atoms with Gasteiger partial charge in [0.25, 0.3) is 0 Å². The third-order valence-electron chi connectivity index (χ3n) is 3.91. The van der Waals surface area contributed by atoms with Gasteiger partial charge in [0.2, 0.25) is 5.91 Å². The second-order valence-corrected chi connectivity index (χ2v) is 6.68. The van der Waals surface area contributed by atoms with Crippen molar-refractivity contribution in [2.75, 3.05) is 5.75 Å². The maximum Gasteiger partial charge on any atom is 0.305 e. The highest BCUT2D eigenvalue weighted by Crippen LogP contribution is 2.33. The molecule has 1 aromatic rings. The molecule has 5 heteroatoms. The molecule has 21 heavy (non-hydrogen) atoms. The zero-order valence-electron chi connectivity index (χ0n) is 12.2. The second kappa shape index (κ2) is 6.98. The number of benzene rings is 1. The largest absolute Gasteiger partial charge is 0.481 e. The molecule has 1 amide bonds. The Hall–Kier alpha value is -1.49. The summed E-state index contributed by atoms with van der Waals surface area (Å²) in [6.07, 6.45) is 3.52. The highest BCUT2D eigenvalue weighted by atomic mass is 32.2. The Bertz CT molecular complexity index is 524. The number of hydrogen-bond donors (Lipinski definition) is 2. The number of aliphatic carboxylic acids is 1. The van der Waals surface area contributed by atoms with E-state index >= 15 is 0 Å². The highest BCUT2D eigenvalue weighted by molar-refractivity contribution is 8.00. The molecule has 0 aromatic heterocycles. The number of carboxylic acid groups (broad SMARTS) is 1. The lowest BCUT2D eigenvalue weighted by Crippen LogP contribution is -2.48. The lowest BCUT2D eigenvalue weighted by Gasteiger charge is -2.28. The maximum absolute atomic E-state index is 12.1. The third-order valence-corrected chi connectivity index (χ3v) is 5.08. The van der Waals surface area contributed by atoms with Gasteiger partial charge >= 0.3 is 5.97 Å². The smallest absolute Gasteiger partial charge is 0.305 e. The zero-order chi connectivity index (χ0) is 15.3. The van der Waals surface area contributed by atoms with Gasteiger partial charge in [-0.3, -0.25) is 9.59 Å². The van der Waals surface area contributed by atoms with Crippen molar-refractivity contribution >= 4 is 23.6 Å². The Morgan fingerprint density at radius 2 is 1.95 bits per heavy atom. The maximum atomic E-state index is 12.1. The fraction of sp³-hybridized carbons (Fsp3) is 0.500. The molecular formula is C16H21NO3S. The van der Waals surface area contributed by atoms with Crippen LogP contribution in [0.2, 0.25) is 0 Å². The van der Waals surface area contributed by atoms with Gasteiger partial charge in [0.15, 0.2) is 0 Å². The quantitative estimate of drug-likeness (QED) is 0.793. The summed E-state index contributed by atoms with van der Waals surface area (Å²) in [6.45, 7) is 2.02. The van der Waals surface area contributed by atoms with Crippen molar-refractivity contribution < 1.29 is 14.7 Å². The molecule has 2 N–H and O–H groups in total. The summed E-state index contributed by atoms with van der Waals surface area (Å²) in [4.78, 5) is 24.2. The number of nitrogens with one attached hydrogen (secondary N) is 1. The minimum Gasteiger partial charge on any atom is -0.481 e. The number of aryl methyl sites for hydroxylation is 1. The average molecular weight is 307 g/mol. The SMILES string of the molecule is Cc1ccccc1SCC(=O)NC1(CC(=O)O)CCCC1. The number of carbonyl (C=O) groups is 2. The Labute approximate surface area is 129 Å². The van der Waals surface area contributed by atoms with Crippen molar-refractivity contribution in [3.63, 3.8) is 0 Å². The summed E-state index contributed by atoms with van der Waals surface area (Å²) in [5.41, 5.74) is 0.617. The van der Waals surface area contributed by atoms with E-state index in [1.165, 1.54) is 11.8 Å². The average Bonchev–Trinajstić information content (AvgIpc) is 2.85. The first kappa shape index (κ1) is 15.9. The number of thioether (sulfide) groups is 1. The molecule has 1 aromatic carbocycles. The van der Waals surface area contributed by atoms with Crippen LogP contribution in [0.15, 0.2) is 29.2 Å². The lowest BCUT2D eigenvalue weighted by molar-refractivity contribution is -0.139. The summed E-state index contributed by atoms with van der Waals surface area (Å²) < 4.78 is 0. The van der Waals surface area contributed by atoms with Crippen molar-refractivity contribution in [1.29, 1.82) is 0 Å². The Morgan fingerprint density at radius 3 is 2.57 bits per heavy atom. The van der Waals surface area contributed by atoms with E-state index in [9.17, 15) is 9.59 Å². The zero-order valence-corrected chi connectivity index (χ0v) is 13.0. The van der Waals surface area contributed by atoms with Gasteiger partial charge in [-0.25, -0.2) is 0 Å². The van der Waals surface area contributed by atoms with Gasteiger partial charge in [-0.15, -0.1) is 11.8 Å². The van der Waals surface area contributed by atoms with Gasteiger partial charge in [0.05, 0.1) is 17.7 Å². The summed E-state index contributed by atoms with van der Waals surface area (Å²) in [5.74, 6) is -0.596. The van der Waals surface area contributed by atoms with E-state index in [0.29, 0.717) is 5.75 Å². The van der Waals surface area contributed by atoms with E-state index in [0.717, 1.165) is 36.1 Å². The number of hydrogen-bond acceptors (Lipinski definition) is 3. The van der Waals surface area contributed by atoms with Crippen LogP contribution in [0.3, 0.4) is 0 Å². The summed E-state index contributed by atoms with van der Waals surface area (Å²) in [5, 5.41) is 12.0. The van der Waals surface area contributed by atoms with Crippen molar-refractivity contribution in [3.05, 3.63) is 29.8 Å². The molecule has 0 heterocycles. The van der Waals surface area contributed by atoms with E-state index in [2.05, 4.69) is 5.32 Å². The van der Waals surface area contributed by atoms with Crippen LogP contribution in [-0.2, 0) is 9.59 Å². The van der Waals surface area contributed by atoms with Crippen LogP contribution in [0.4, 0.5) is 0 Å². The third kappa shape index (κ3) is 4.49. The van der Waals surface area contributed by atoms with Crippen molar-refractivity contribution in [2.45, 2.75) is 49.5 Å². The fourth-order valence-corrected chi connectivity index (χ4v) is 3.71. The van der Waals surface area contributed by atoms with Gasteiger partial charge in [0.1, 0.15) is 0 Å². The van der Waals surface area contributed by atoms with Crippen molar-refractivity contribution in [1.82, 2.24) is 5.32 Å². The standard InChI is InChI=1S/C16H21NO3S/c1-12-6-2-3-7-13(12)21-11-14(18)17-16(10-15(19)20)8-4-5-9-16/h2-3,6-7H,4-5,8-11H2,1H3,(H,17,18)(H,19,20). The minimum absolute atomic E-state index is 0.0216. The monoisotopic (exact) mass is 307 g/mol. The number of carbonyl (C=O) groups excluding carboxylic acids is 1. The van der Waals surface area contributed by atoms with E-state index in [4.69, 9.17) is 5.11 Å². The van der Waals surface area contributed by atoms with Crippen LogP contribution in [-0.4, -0.2) is 28.3 Å². The van der Waals surface area contributed by atoms with Gasteiger partial charge in [-0.2, -0.15) is 0 Å². The number of rotatable bonds is 6. The van der Waals surface area contributed by atoms with Gasteiger partial charge in [-0.05, 0) is 31.4 Å². The summed E-state index contributed by atoms with van der Waals surface area (Å²) in [7, 11) is 0.